The predicted molar refractivity (Wildman–Crippen MR) is 75.4 cm³/mol. The first-order valence-electron chi connectivity index (χ1n) is 6.79. The monoisotopic (exact) mass is 276 g/mol. The van der Waals surface area contributed by atoms with Crippen LogP contribution in [0.2, 0.25) is 0 Å². The minimum atomic E-state index is -0.917. The molecule has 1 aliphatic heterocycles. The second kappa shape index (κ2) is 5.94. The summed E-state index contributed by atoms with van der Waals surface area (Å²) in [5.74, 6) is -0.917. The van der Waals surface area contributed by atoms with Gasteiger partial charge < -0.3 is 14.9 Å². The molecule has 1 saturated heterocycles. The van der Waals surface area contributed by atoms with Crippen molar-refractivity contribution in [1.82, 2.24) is 9.80 Å². The topological polar surface area (TPSA) is 60.9 Å². The van der Waals surface area contributed by atoms with Crippen molar-refractivity contribution in [2.24, 2.45) is 0 Å². The van der Waals surface area contributed by atoms with Gasteiger partial charge in [-0.3, -0.25) is 0 Å². The van der Waals surface area contributed by atoms with Crippen LogP contribution in [0.3, 0.4) is 0 Å². The Labute approximate surface area is 118 Å². The molecule has 1 heterocycles. The lowest BCUT2D eigenvalue weighted by Gasteiger charge is -2.28. The van der Waals surface area contributed by atoms with E-state index < -0.39 is 12.0 Å². The maximum absolute atomic E-state index is 12.4. The Balaban J connectivity index is 2.05. The van der Waals surface area contributed by atoms with Crippen LogP contribution in [0.1, 0.15) is 24.0 Å². The first-order valence-corrected chi connectivity index (χ1v) is 6.79. The van der Waals surface area contributed by atoms with E-state index in [-0.39, 0.29) is 6.03 Å². The summed E-state index contributed by atoms with van der Waals surface area (Å²) >= 11 is 0. The summed E-state index contributed by atoms with van der Waals surface area (Å²) in [5, 5.41) is 9.14. The molecule has 1 aliphatic rings. The third-order valence-electron chi connectivity index (χ3n) is 3.78. The number of nitrogens with zero attached hydrogens (tertiary/aromatic N) is 2. The number of rotatable bonds is 3. The van der Waals surface area contributed by atoms with E-state index in [1.54, 1.807) is 11.9 Å². The Hall–Kier alpha value is -2.04. The molecular weight excluding hydrogens is 256 g/mol. The lowest BCUT2D eigenvalue weighted by Crippen LogP contribution is -2.46. The van der Waals surface area contributed by atoms with E-state index in [9.17, 15) is 9.59 Å². The second-order valence-electron chi connectivity index (χ2n) is 5.25. The zero-order chi connectivity index (χ0) is 14.7. The molecule has 1 N–H and O–H groups in total. The molecular formula is C15H20N2O3. The number of amides is 2. The lowest BCUT2D eigenvalue weighted by molar-refractivity contribution is -0.141. The lowest BCUT2D eigenvalue weighted by atomic mass is 10.1. The van der Waals surface area contributed by atoms with E-state index in [0.29, 0.717) is 19.5 Å². The molecule has 1 aromatic rings. The highest BCUT2D eigenvalue weighted by atomic mass is 16.4. The van der Waals surface area contributed by atoms with Crippen LogP contribution in [0.25, 0.3) is 0 Å². The maximum Gasteiger partial charge on any atom is 0.326 e. The Bertz CT molecular complexity index is 516. The van der Waals surface area contributed by atoms with Crippen LogP contribution in [-0.2, 0) is 11.3 Å². The third-order valence-corrected chi connectivity index (χ3v) is 3.78. The smallest absolute Gasteiger partial charge is 0.326 e. The average molecular weight is 276 g/mol. The van der Waals surface area contributed by atoms with Crippen molar-refractivity contribution in [3.63, 3.8) is 0 Å². The molecule has 1 fully saturated rings. The van der Waals surface area contributed by atoms with Gasteiger partial charge in [-0.1, -0.05) is 24.3 Å². The van der Waals surface area contributed by atoms with Crippen molar-refractivity contribution >= 4 is 12.0 Å². The van der Waals surface area contributed by atoms with E-state index in [0.717, 1.165) is 17.5 Å². The predicted octanol–water partition coefficient (Wildman–Crippen LogP) is 2.10. The summed E-state index contributed by atoms with van der Waals surface area (Å²) in [6.07, 6.45) is 1.29. The maximum atomic E-state index is 12.4. The number of carbonyl (C=O) groups excluding carboxylic acids is 1. The molecule has 0 aliphatic carbocycles. The van der Waals surface area contributed by atoms with Crippen LogP contribution in [0.15, 0.2) is 24.3 Å². The zero-order valence-corrected chi connectivity index (χ0v) is 11.9. The normalized spacial score (nSPS) is 18.1. The van der Waals surface area contributed by atoms with Crippen molar-refractivity contribution in [1.29, 1.82) is 0 Å². The number of urea groups is 1. The minimum absolute atomic E-state index is 0.210. The van der Waals surface area contributed by atoms with E-state index in [1.165, 1.54) is 4.90 Å². The summed E-state index contributed by atoms with van der Waals surface area (Å²) in [7, 11) is 1.71. The number of likely N-dealkylation sites (tertiary alicyclic amines) is 1. The third kappa shape index (κ3) is 2.92. The van der Waals surface area contributed by atoms with Crippen molar-refractivity contribution in [3.8, 4) is 0 Å². The first-order chi connectivity index (χ1) is 9.50. The highest BCUT2D eigenvalue weighted by Gasteiger charge is 2.35. The van der Waals surface area contributed by atoms with Gasteiger partial charge in [-0.25, -0.2) is 9.59 Å². The first kappa shape index (κ1) is 14.4. The number of aliphatic carboxylic acids is 1. The summed E-state index contributed by atoms with van der Waals surface area (Å²) in [5.41, 5.74) is 2.21. The Kier molecular flexibility index (Phi) is 4.27. The quantitative estimate of drug-likeness (QED) is 0.919. The van der Waals surface area contributed by atoms with E-state index >= 15 is 0 Å². The summed E-state index contributed by atoms with van der Waals surface area (Å²) in [4.78, 5) is 26.5. The zero-order valence-electron chi connectivity index (χ0n) is 11.9. The van der Waals surface area contributed by atoms with Gasteiger partial charge in [-0.2, -0.15) is 0 Å². The molecule has 0 saturated carbocycles. The number of carbonyl (C=O) groups is 2. The Morgan fingerprint density at radius 1 is 1.40 bits per heavy atom. The summed E-state index contributed by atoms with van der Waals surface area (Å²) < 4.78 is 0. The molecule has 5 heteroatoms. The molecule has 2 rings (SSSR count). The van der Waals surface area contributed by atoms with E-state index in [1.807, 2.05) is 31.2 Å². The molecule has 0 spiro atoms. The summed E-state index contributed by atoms with van der Waals surface area (Å²) in [6.45, 7) is 3.02. The molecule has 0 unspecified atom stereocenters. The number of hydrogen-bond donors (Lipinski definition) is 1. The number of hydrogen-bond acceptors (Lipinski definition) is 2. The number of carboxylic acids is 1. The Morgan fingerprint density at radius 3 is 2.75 bits per heavy atom. The fourth-order valence-corrected chi connectivity index (χ4v) is 2.58. The van der Waals surface area contributed by atoms with Crippen molar-refractivity contribution in [2.45, 2.75) is 32.4 Å². The summed E-state index contributed by atoms with van der Waals surface area (Å²) in [6, 6.07) is 7.00. The van der Waals surface area contributed by atoms with Crippen molar-refractivity contribution in [3.05, 3.63) is 35.4 Å². The van der Waals surface area contributed by atoms with Crippen LogP contribution >= 0.6 is 0 Å². The Morgan fingerprint density at radius 2 is 2.10 bits per heavy atom. The average Bonchev–Trinajstić information content (AvgIpc) is 2.89. The SMILES string of the molecule is Cc1ccccc1CN(C)C(=O)N1CCC[C@H]1C(=O)O. The molecule has 0 radical (unpaired) electrons. The van der Waals surface area contributed by atoms with Gasteiger partial charge in [0.05, 0.1) is 0 Å². The van der Waals surface area contributed by atoms with Crippen molar-refractivity contribution < 1.29 is 14.7 Å². The van der Waals surface area contributed by atoms with Gasteiger partial charge in [0.1, 0.15) is 6.04 Å². The number of benzene rings is 1. The number of aryl methyl sites for hydroxylation is 1. The van der Waals surface area contributed by atoms with E-state index in [2.05, 4.69) is 0 Å². The number of carboxylic acid groups (broad SMARTS) is 1. The van der Waals surface area contributed by atoms with Gasteiger partial charge in [0.25, 0.3) is 0 Å². The second-order valence-corrected chi connectivity index (χ2v) is 5.25. The van der Waals surface area contributed by atoms with Crippen LogP contribution in [0.4, 0.5) is 4.79 Å². The van der Waals surface area contributed by atoms with Crippen LogP contribution in [0, 0.1) is 6.92 Å². The van der Waals surface area contributed by atoms with Gasteiger partial charge in [0.2, 0.25) is 0 Å². The van der Waals surface area contributed by atoms with Crippen molar-refractivity contribution in [2.75, 3.05) is 13.6 Å². The largest absolute Gasteiger partial charge is 0.480 e. The molecule has 20 heavy (non-hydrogen) atoms. The highest BCUT2D eigenvalue weighted by Crippen LogP contribution is 2.20. The molecule has 108 valence electrons. The van der Waals surface area contributed by atoms with Gasteiger partial charge in [0, 0.05) is 20.1 Å². The molecule has 5 nitrogen and oxygen atoms in total. The molecule has 1 atom stereocenters. The van der Waals surface area contributed by atoms with Gasteiger partial charge in [0.15, 0.2) is 0 Å². The molecule has 2 amide bonds. The fourth-order valence-electron chi connectivity index (χ4n) is 2.58. The molecule has 0 bridgehead atoms. The van der Waals surface area contributed by atoms with Crippen LogP contribution in [0.5, 0.6) is 0 Å². The van der Waals surface area contributed by atoms with Gasteiger partial charge in [-0.15, -0.1) is 0 Å². The van der Waals surface area contributed by atoms with E-state index in [4.69, 9.17) is 5.11 Å². The minimum Gasteiger partial charge on any atom is -0.480 e. The van der Waals surface area contributed by atoms with Crippen LogP contribution < -0.4 is 0 Å². The standard InChI is InChI=1S/C15H20N2O3/c1-11-6-3-4-7-12(11)10-16(2)15(20)17-9-5-8-13(17)14(18)19/h3-4,6-7,13H,5,8-10H2,1-2H3,(H,18,19)/t13-/m0/s1. The van der Waals surface area contributed by atoms with Crippen LogP contribution in [-0.4, -0.2) is 46.5 Å². The fraction of sp³-hybridized carbons (Fsp3) is 0.467. The molecule has 0 aromatic heterocycles. The van der Waals surface area contributed by atoms with Gasteiger partial charge in [-0.05, 0) is 30.9 Å². The highest BCUT2D eigenvalue weighted by molar-refractivity contribution is 5.83. The molecule has 1 aromatic carbocycles. The van der Waals surface area contributed by atoms with Gasteiger partial charge >= 0.3 is 12.0 Å².